The molecule has 1 amide bonds. The van der Waals surface area contributed by atoms with Crippen molar-refractivity contribution in [3.8, 4) is 5.69 Å². The fourth-order valence-corrected chi connectivity index (χ4v) is 1.87. The number of rotatable bonds is 5. The second-order valence-corrected chi connectivity index (χ2v) is 5.26. The number of nitrogens with one attached hydrogen (secondary N) is 1. The third kappa shape index (κ3) is 3.08. The van der Waals surface area contributed by atoms with E-state index in [0.717, 1.165) is 5.69 Å². The molecule has 7 nitrogen and oxygen atoms in total. The average Bonchev–Trinajstić information content (AvgIpc) is 2.92. The monoisotopic (exact) mass is 288 g/mol. The molecule has 112 valence electrons. The quantitative estimate of drug-likeness (QED) is 0.863. The van der Waals surface area contributed by atoms with Crippen LogP contribution in [0.2, 0.25) is 0 Å². The SMILES string of the molecule is CCC(C)(CN)C(=O)Nc1cccc(-n2nnnc2C)c1. The van der Waals surface area contributed by atoms with Crippen molar-refractivity contribution in [2.75, 3.05) is 11.9 Å². The van der Waals surface area contributed by atoms with Gasteiger partial charge in [-0.1, -0.05) is 13.0 Å². The second kappa shape index (κ2) is 6.01. The molecule has 21 heavy (non-hydrogen) atoms. The Morgan fingerprint density at radius 3 is 2.81 bits per heavy atom. The first-order valence-corrected chi connectivity index (χ1v) is 6.87. The summed E-state index contributed by atoms with van der Waals surface area (Å²) in [4.78, 5) is 12.3. The number of hydrogen-bond acceptors (Lipinski definition) is 5. The summed E-state index contributed by atoms with van der Waals surface area (Å²) in [6.07, 6.45) is 0.682. The van der Waals surface area contributed by atoms with Gasteiger partial charge >= 0.3 is 0 Å². The Morgan fingerprint density at radius 1 is 1.48 bits per heavy atom. The lowest BCUT2D eigenvalue weighted by Crippen LogP contribution is -2.39. The topological polar surface area (TPSA) is 98.7 Å². The van der Waals surface area contributed by atoms with Crippen molar-refractivity contribution in [2.45, 2.75) is 27.2 Å². The van der Waals surface area contributed by atoms with Gasteiger partial charge in [0.15, 0.2) is 5.82 Å². The molecule has 0 aliphatic heterocycles. The van der Waals surface area contributed by atoms with Crippen LogP contribution in [0, 0.1) is 12.3 Å². The minimum atomic E-state index is -0.569. The molecule has 0 radical (unpaired) electrons. The van der Waals surface area contributed by atoms with Gasteiger partial charge in [-0.25, -0.2) is 0 Å². The largest absolute Gasteiger partial charge is 0.329 e. The zero-order valence-electron chi connectivity index (χ0n) is 12.5. The molecule has 1 aromatic heterocycles. The summed E-state index contributed by atoms with van der Waals surface area (Å²) in [5.74, 6) is 0.594. The van der Waals surface area contributed by atoms with Gasteiger partial charge in [0.05, 0.1) is 11.1 Å². The summed E-state index contributed by atoms with van der Waals surface area (Å²) < 4.78 is 1.61. The fraction of sp³-hybridized carbons (Fsp3) is 0.429. The minimum absolute atomic E-state index is 0.0851. The maximum Gasteiger partial charge on any atom is 0.231 e. The first kappa shape index (κ1) is 15.1. The normalized spacial score (nSPS) is 13.7. The Bertz CT molecular complexity index is 632. The van der Waals surface area contributed by atoms with Crippen molar-refractivity contribution in [2.24, 2.45) is 11.1 Å². The lowest BCUT2D eigenvalue weighted by Gasteiger charge is -2.25. The smallest absolute Gasteiger partial charge is 0.231 e. The highest BCUT2D eigenvalue weighted by Crippen LogP contribution is 2.23. The van der Waals surface area contributed by atoms with Crippen LogP contribution in [0.3, 0.4) is 0 Å². The zero-order valence-corrected chi connectivity index (χ0v) is 12.5. The van der Waals surface area contributed by atoms with E-state index in [9.17, 15) is 4.79 Å². The minimum Gasteiger partial charge on any atom is -0.329 e. The molecule has 0 aliphatic rings. The molecule has 0 bridgehead atoms. The summed E-state index contributed by atoms with van der Waals surface area (Å²) in [6, 6.07) is 7.38. The van der Waals surface area contributed by atoms with Crippen molar-refractivity contribution in [3.05, 3.63) is 30.1 Å². The maximum absolute atomic E-state index is 12.3. The number of hydrogen-bond donors (Lipinski definition) is 2. The van der Waals surface area contributed by atoms with Gasteiger partial charge in [-0.15, -0.1) is 5.10 Å². The summed E-state index contributed by atoms with van der Waals surface area (Å²) in [6.45, 7) is 5.93. The van der Waals surface area contributed by atoms with E-state index in [0.29, 0.717) is 24.5 Å². The molecular weight excluding hydrogens is 268 g/mol. The van der Waals surface area contributed by atoms with Crippen LogP contribution in [-0.2, 0) is 4.79 Å². The van der Waals surface area contributed by atoms with Crippen LogP contribution in [0.15, 0.2) is 24.3 Å². The van der Waals surface area contributed by atoms with Crippen LogP contribution in [0.25, 0.3) is 5.69 Å². The summed E-state index contributed by atoms with van der Waals surface area (Å²) >= 11 is 0. The fourth-order valence-electron chi connectivity index (χ4n) is 1.87. The summed E-state index contributed by atoms with van der Waals surface area (Å²) in [5.41, 5.74) is 6.63. The number of amides is 1. The number of anilines is 1. The van der Waals surface area contributed by atoms with Gasteiger partial charge in [0.25, 0.3) is 0 Å². The Hall–Kier alpha value is -2.28. The van der Waals surface area contributed by atoms with Gasteiger partial charge in [-0.05, 0) is 48.9 Å². The van der Waals surface area contributed by atoms with Gasteiger partial charge in [0.2, 0.25) is 5.91 Å². The predicted octanol–water partition coefficient (Wildman–Crippen LogP) is 1.28. The summed E-state index contributed by atoms with van der Waals surface area (Å²) in [7, 11) is 0. The van der Waals surface area contributed by atoms with E-state index in [1.165, 1.54) is 0 Å². The Kier molecular flexibility index (Phi) is 4.32. The van der Waals surface area contributed by atoms with E-state index in [1.54, 1.807) is 4.68 Å². The maximum atomic E-state index is 12.3. The van der Waals surface area contributed by atoms with Crippen LogP contribution in [-0.4, -0.2) is 32.7 Å². The van der Waals surface area contributed by atoms with Crippen LogP contribution < -0.4 is 11.1 Å². The average molecular weight is 288 g/mol. The standard InChI is InChI=1S/C14H20N6O/c1-4-14(3,9-15)13(21)16-11-6-5-7-12(8-11)20-10(2)17-18-19-20/h5-8H,4,9,15H2,1-3H3,(H,16,21). The number of benzene rings is 1. The molecule has 3 N–H and O–H groups in total. The van der Waals surface area contributed by atoms with Crippen LogP contribution in [0.5, 0.6) is 0 Å². The highest BCUT2D eigenvalue weighted by molar-refractivity contribution is 5.95. The van der Waals surface area contributed by atoms with Gasteiger partial charge in [0.1, 0.15) is 0 Å². The van der Waals surface area contributed by atoms with E-state index < -0.39 is 5.41 Å². The van der Waals surface area contributed by atoms with Crippen LogP contribution >= 0.6 is 0 Å². The number of carbonyl (C=O) groups is 1. The Labute approximate surface area is 123 Å². The molecule has 1 heterocycles. The molecule has 2 aromatic rings. The number of nitrogens with two attached hydrogens (primary N) is 1. The molecule has 7 heteroatoms. The van der Waals surface area contributed by atoms with Gasteiger partial charge in [0, 0.05) is 12.2 Å². The summed E-state index contributed by atoms with van der Waals surface area (Å²) in [5, 5.41) is 14.3. The van der Waals surface area contributed by atoms with Gasteiger partial charge < -0.3 is 11.1 Å². The molecule has 1 unspecified atom stereocenters. The van der Waals surface area contributed by atoms with E-state index >= 15 is 0 Å². The van der Waals surface area contributed by atoms with E-state index in [4.69, 9.17) is 5.73 Å². The van der Waals surface area contributed by atoms with Gasteiger partial charge in [-0.2, -0.15) is 4.68 Å². The van der Waals surface area contributed by atoms with Crippen molar-refractivity contribution in [3.63, 3.8) is 0 Å². The number of tetrazole rings is 1. The number of aromatic nitrogens is 4. The van der Waals surface area contributed by atoms with Crippen LogP contribution in [0.4, 0.5) is 5.69 Å². The first-order valence-electron chi connectivity index (χ1n) is 6.87. The molecule has 0 saturated heterocycles. The van der Waals surface area contributed by atoms with Crippen LogP contribution in [0.1, 0.15) is 26.1 Å². The third-order valence-corrected chi connectivity index (χ3v) is 3.75. The molecule has 0 fully saturated rings. The first-order chi connectivity index (χ1) is 10.00. The molecule has 0 spiro atoms. The van der Waals surface area contributed by atoms with E-state index in [2.05, 4.69) is 20.8 Å². The Balaban J connectivity index is 2.23. The lowest BCUT2D eigenvalue weighted by molar-refractivity contribution is -0.124. The highest BCUT2D eigenvalue weighted by Gasteiger charge is 2.29. The molecule has 1 aromatic carbocycles. The predicted molar refractivity (Wildman–Crippen MR) is 80.0 cm³/mol. The second-order valence-electron chi connectivity index (χ2n) is 5.26. The molecule has 0 saturated carbocycles. The lowest BCUT2D eigenvalue weighted by atomic mass is 9.86. The zero-order chi connectivity index (χ0) is 15.5. The molecular formula is C14H20N6O. The van der Waals surface area contributed by atoms with E-state index in [1.807, 2.05) is 45.0 Å². The van der Waals surface area contributed by atoms with Crippen molar-refractivity contribution in [1.82, 2.24) is 20.2 Å². The van der Waals surface area contributed by atoms with Crippen molar-refractivity contribution < 1.29 is 4.79 Å². The number of carbonyl (C=O) groups excluding carboxylic acids is 1. The number of nitrogens with zero attached hydrogens (tertiary/aromatic N) is 4. The highest BCUT2D eigenvalue weighted by atomic mass is 16.2. The number of aryl methyl sites for hydroxylation is 1. The molecule has 1 atom stereocenters. The van der Waals surface area contributed by atoms with Crippen molar-refractivity contribution >= 4 is 11.6 Å². The molecule has 0 aliphatic carbocycles. The van der Waals surface area contributed by atoms with E-state index in [-0.39, 0.29) is 5.91 Å². The van der Waals surface area contributed by atoms with Crippen molar-refractivity contribution in [1.29, 1.82) is 0 Å². The Morgan fingerprint density at radius 2 is 2.24 bits per heavy atom. The third-order valence-electron chi connectivity index (χ3n) is 3.75. The van der Waals surface area contributed by atoms with Gasteiger partial charge in [-0.3, -0.25) is 4.79 Å². The molecule has 2 rings (SSSR count).